The highest BCUT2D eigenvalue weighted by atomic mass is 32.1. The summed E-state index contributed by atoms with van der Waals surface area (Å²) in [5.74, 6) is 0. The van der Waals surface area contributed by atoms with E-state index in [2.05, 4.69) is 4.98 Å². The number of nitrogens with zero attached hydrogens (tertiary/aromatic N) is 1. The fraction of sp³-hybridized carbons (Fsp3) is 0.571. The molecule has 1 unspecified atom stereocenters. The van der Waals surface area contributed by atoms with Crippen LogP contribution < -0.4 is 0 Å². The van der Waals surface area contributed by atoms with Crippen LogP contribution >= 0.6 is 11.3 Å². The SMILES string of the molecule is CC(O)CCc1cscn1. The molecular weight excluding hydrogens is 146 g/mol. The maximum atomic E-state index is 8.93. The van der Waals surface area contributed by atoms with E-state index in [1.807, 2.05) is 10.9 Å². The number of hydrogen-bond donors (Lipinski definition) is 1. The molecule has 1 rings (SSSR count). The summed E-state index contributed by atoms with van der Waals surface area (Å²) in [6.07, 6.45) is 1.49. The lowest BCUT2D eigenvalue weighted by atomic mass is 10.2. The van der Waals surface area contributed by atoms with Gasteiger partial charge in [-0.3, -0.25) is 0 Å². The van der Waals surface area contributed by atoms with Crippen molar-refractivity contribution in [2.75, 3.05) is 0 Å². The number of thiazole rings is 1. The molecule has 10 heavy (non-hydrogen) atoms. The normalized spacial score (nSPS) is 13.4. The first-order valence-electron chi connectivity index (χ1n) is 3.34. The number of hydrogen-bond acceptors (Lipinski definition) is 3. The van der Waals surface area contributed by atoms with Crippen LogP contribution in [0, 0.1) is 0 Å². The van der Waals surface area contributed by atoms with Gasteiger partial charge in [0.25, 0.3) is 0 Å². The number of aromatic nitrogens is 1. The highest BCUT2D eigenvalue weighted by Gasteiger charge is 1.97. The highest BCUT2D eigenvalue weighted by Crippen LogP contribution is 2.05. The fourth-order valence-electron chi connectivity index (χ4n) is 0.718. The minimum atomic E-state index is -0.207. The van der Waals surface area contributed by atoms with E-state index in [9.17, 15) is 0 Å². The molecule has 0 spiro atoms. The third-order valence-electron chi connectivity index (χ3n) is 1.30. The standard InChI is InChI=1S/C7H11NOS/c1-6(9)2-3-7-4-10-5-8-7/h4-6,9H,2-3H2,1H3. The molecule has 0 aliphatic carbocycles. The second kappa shape index (κ2) is 3.68. The zero-order chi connectivity index (χ0) is 7.40. The zero-order valence-corrected chi connectivity index (χ0v) is 6.77. The number of aryl methyl sites for hydroxylation is 1. The molecule has 0 aliphatic rings. The van der Waals surface area contributed by atoms with Crippen molar-refractivity contribution in [2.45, 2.75) is 25.9 Å². The number of rotatable bonds is 3. The van der Waals surface area contributed by atoms with Crippen molar-refractivity contribution in [3.63, 3.8) is 0 Å². The maximum Gasteiger partial charge on any atom is 0.0794 e. The molecule has 0 amide bonds. The molecule has 56 valence electrons. The predicted octanol–water partition coefficient (Wildman–Crippen LogP) is 1.46. The van der Waals surface area contributed by atoms with Gasteiger partial charge in [0, 0.05) is 5.38 Å². The molecule has 0 aliphatic heterocycles. The second-order valence-electron chi connectivity index (χ2n) is 2.37. The highest BCUT2D eigenvalue weighted by molar-refractivity contribution is 7.07. The molecule has 0 saturated carbocycles. The van der Waals surface area contributed by atoms with E-state index >= 15 is 0 Å². The molecular formula is C7H11NOS. The van der Waals surface area contributed by atoms with Gasteiger partial charge in [-0.2, -0.15) is 0 Å². The lowest BCUT2D eigenvalue weighted by molar-refractivity contribution is 0.184. The molecule has 0 aromatic carbocycles. The van der Waals surface area contributed by atoms with E-state index in [1.54, 1.807) is 18.3 Å². The Morgan fingerprint density at radius 2 is 2.60 bits per heavy atom. The fourth-order valence-corrected chi connectivity index (χ4v) is 1.31. The monoisotopic (exact) mass is 157 g/mol. The van der Waals surface area contributed by atoms with E-state index in [-0.39, 0.29) is 6.10 Å². The van der Waals surface area contributed by atoms with Gasteiger partial charge in [-0.25, -0.2) is 4.98 Å². The summed E-state index contributed by atoms with van der Waals surface area (Å²) in [7, 11) is 0. The van der Waals surface area contributed by atoms with Gasteiger partial charge in [0.2, 0.25) is 0 Å². The Morgan fingerprint density at radius 1 is 1.80 bits per heavy atom. The van der Waals surface area contributed by atoms with Crippen LogP contribution in [0.2, 0.25) is 0 Å². The molecule has 0 saturated heterocycles. The van der Waals surface area contributed by atoms with Crippen molar-refractivity contribution < 1.29 is 5.11 Å². The summed E-state index contributed by atoms with van der Waals surface area (Å²) < 4.78 is 0. The van der Waals surface area contributed by atoms with Gasteiger partial charge in [-0.15, -0.1) is 11.3 Å². The van der Waals surface area contributed by atoms with Crippen LogP contribution in [0.25, 0.3) is 0 Å². The molecule has 1 aromatic heterocycles. The quantitative estimate of drug-likeness (QED) is 0.720. The van der Waals surface area contributed by atoms with Crippen LogP contribution in [0.15, 0.2) is 10.9 Å². The Bertz CT molecular complexity index is 172. The van der Waals surface area contributed by atoms with Crippen LogP contribution in [-0.2, 0) is 6.42 Å². The average Bonchev–Trinajstić information content (AvgIpc) is 2.34. The molecule has 1 aromatic rings. The zero-order valence-electron chi connectivity index (χ0n) is 5.95. The largest absolute Gasteiger partial charge is 0.393 e. The van der Waals surface area contributed by atoms with Crippen LogP contribution in [0.5, 0.6) is 0 Å². The Hall–Kier alpha value is -0.410. The van der Waals surface area contributed by atoms with Crippen LogP contribution in [-0.4, -0.2) is 16.2 Å². The van der Waals surface area contributed by atoms with Crippen molar-refractivity contribution >= 4 is 11.3 Å². The summed E-state index contributed by atoms with van der Waals surface area (Å²) in [5.41, 5.74) is 2.91. The van der Waals surface area contributed by atoms with Crippen LogP contribution in [0.4, 0.5) is 0 Å². The van der Waals surface area contributed by atoms with Gasteiger partial charge in [0.05, 0.1) is 17.3 Å². The minimum Gasteiger partial charge on any atom is -0.393 e. The Kier molecular flexibility index (Phi) is 2.83. The minimum absolute atomic E-state index is 0.207. The van der Waals surface area contributed by atoms with E-state index in [1.165, 1.54) is 0 Å². The van der Waals surface area contributed by atoms with Gasteiger partial charge in [0.1, 0.15) is 0 Å². The van der Waals surface area contributed by atoms with Crippen molar-refractivity contribution in [3.8, 4) is 0 Å². The van der Waals surface area contributed by atoms with Gasteiger partial charge in [-0.1, -0.05) is 0 Å². The topological polar surface area (TPSA) is 33.1 Å². The van der Waals surface area contributed by atoms with E-state index in [4.69, 9.17) is 5.11 Å². The first-order chi connectivity index (χ1) is 4.79. The molecule has 1 heterocycles. The Balaban J connectivity index is 2.28. The molecule has 0 fully saturated rings. The maximum absolute atomic E-state index is 8.93. The molecule has 0 radical (unpaired) electrons. The van der Waals surface area contributed by atoms with Gasteiger partial charge < -0.3 is 5.11 Å². The van der Waals surface area contributed by atoms with E-state index in [0.29, 0.717) is 0 Å². The summed E-state index contributed by atoms with van der Waals surface area (Å²) >= 11 is 1.60. The third-order valence-corrected chi connectivity index (χ3v) is 1.94. The lowest BCUT2D eigenvalue weighted by Gasteiger charge is -1.99. The summed E-state index contributed by atoms with van der Waals surface area (Å²) in [6.45, 7) is 1.80. The molecule has 1 atom stereocenters. The van der Waals surface area contributed by atoms with Gasteiger partial charge in [-0.05, 0) is 19.8 Å². The van der Waals surface area contributed by atoms with E-state index < -0.39 is 0 Å². The summed E-state index contributed by atoms with van der Waals surface area (Å²) in [6, 6.07) is 0. The van der Waals surface area contributed by atoms with E-state index in [0.717, 1.165) is 18.5 Å². The second-order valence-corrected chi connectivity index (χ2v) is 3.09. The number of aliphatic hydroxyl groups is 1. The van der Waals surface area contributed by atoms with Crippen molar-refractivity contribution in [1.82, 2.24) is 4.98 Å². The van der Waals surface area contributed by atoms with Crippen molar-refractivity contribution in [1.29, 1.82) is 0 Å². The molecule has 3 heteroatoms. The first-order valence-corrected chi connectivity index (χ1v) is 4.28. The first kappa shape index (κ1) is 7.69. The van der Waals surface area contributed by atoms with Crippen molar-refractivity contribution in [3.05, 3.63) is 16.6 Å². The molecule has 0 bridgehead atoms. The average molecular weight is 157 g/mol. The smallest absolute Gasteiger partial charge is 0.0794 e. The lowest BCUT2D eigenvalue weighted by Crippen LogP contribution is -2.01. The van der Waals surface area contributed by atoms with Crippen LogP contribution in [0.1, 0.15) is 19.0 Å². The summed E-state index contributed by atoms with van der Waals surface area (Å²) in [5, 5.41) is 10.9. The molecule has 2 nitrogen and oxygen atoms in total. The Morgan fingerprint density at radius 3 is 3.10 bits per heavy atom. The molecule has 1 N–H and O–H groups in total. The van der Waals surface area contributed by atoms with Gasteiger partial charge in [0.15, 0.2) is 0 Å². The predicted molar refractivity (Wildman–Crippen MR) is 42.1 cm³/mol. The summed E-state index contributed by atoms with van der Waals surface area (Å²) in [4.78, 5) is 4.10. The Labute approximate surface area is 64.5 Å². The van der Waals surface area contributed by atoms with Crippen LogP contribution in [0.3, 0.4) is 0 Å². The third kappa shape index (κ3) is 2.45. The van der Waals surface area contributed by atoms with Gasteiger partial charge >= 0.3 is 0 Å². The van der Waals surface area contributed by atoms with Crippen molar-refractivity contribution in [2.24, 2.45) is 0 Å². The number of aliphatic hydroxyl groups excluding tert-OH is 1.